The second kappa shape index (κ2) is 6.03. The fourth-order valence-corrected chi connectivity index (χ4v) is 1.91. The van der Waals surface area contributed by atoms with Gasteiger partial charge in [0, 0.05) is 26.2 Å². The molecule has 0 unspecified atom stereocenters. The molecule has 0 aliphatic rings. The van der Waals surface area contributed by atoms with Gasteiger partial charge in [0.25, 0.3) is 10.2 Å². The highest BCUT2D eigenvalue weighted by Gasteiger charge is 2.14. The highest BCUT2D eigenvalue weighted by molar-refractivity contribution is 7.87. The summed E-state index contributed by atoms with van der Waals surface area (Å²) < 4.78 is 37.0. The van der Waals surface area contributed by atoms with E-state index < -0.39 is 10.2 Å². The third kappa shape index (κ3) is 3.59. The Hall–Kier alpha value is -1.31. The largest absolute Gasteiger partial charge is 0.497 e. The third-order valence-corrected chi connectivity index (χ3v) is 3.88. The van der Waals surface area contributed by atoms with Crippen LogP contribution >= 0.6 is 0 Å². The Bertz CT molecular complexity index is 500. The summed E-state index contributed by atoms with van der Waals surface area (Å²) in [5.41, 5.74) is 0.710. The van der Waals surface area contributed by atoms with Crippen LogP contribution in [0, 0.1) is 0 Å². The molecule has 18 heavy (non-hydrogen) atoms. The van der Waals surface area contributed by atoms with E-state index in [1.165, 1.54) is 21.2 Å². The van der Waals surface area contributed by atoms with Crippen molar-refractivity contribution in [2.75, 3.05) is 28.3 Å². The lowest BCUT2D eigenvalue weighted by molar-refractivity contribution is 0.398. The van der Waals surface area contributed by atoms with Gasteiger partial charge in [-0.05, 0) is 18.2 Å². The van der Waals surface area contributed by atoms with Crippen LogP contribution in [0.3, 0.4) is 0 Å². The van der Waals surface area contributed by atoms with E-state index in [1.807, 2.05) is 0 Å². The number of methoxy groups -OCH3 is 2. The molecule has 0 saturated heterocycles. The summed E-state index contributed by atoms with van der Waals surface area (Å²) in [5.74, 6) is 1.26. The summed E-state index contributed by atoms with van der Waals surface area (Å²) in [7, 11) is 2.56. The second-order valence-electron chi connectivity index (χ2n) is 3.79. The average molecular weight is 274 g/mol. The first kappa shape index (κ1) is 14.7. The van der Waals surface area contributed by atoms with Gasteiger partial charge in [0.15, 0.2) is 0 Å². The van der Waals surface area contributed by atoms with E-state index in [4.69, 9.17) is 9.47 Å². The van der Waals surface area contributed by atoms with Gasteiger partial charge in [-0.1, -0.05) is 0 Å². The molecule has 1 aromatic carbocycles. The maximum atomic E-state index is 11.6. The van der Waals surface area contributed by atoms with Crippen molar-refractivity contribution in [2.45, 2.75) is 6.54 Å². The van der Waals surface area contributed by atoms with Crippen molar-refractivity contribution in [3.05, 3.63) is 23.8 Å². The first-order valence-corrected chi connectivity index (χ1v) is 6.72. The van der Waals surface area contributed by atoms with Gasteiger partial charge >= 0.3 is 0 Å². The van der Waals surface area contributed by atoms with Gasteiger partial charge in [-0.3, -0.25) is 0 Å². The lowest BCUT2D eigenvalue weighted by Gasteiger charge is -2.14. The molecular weight excluding hydrogens is 256 g/mol. The zero-order valence-electron chi connectivity index (χ0n) is 10.9. The number of hydrogen-bond acceptors (Lipinski definition) is 4. The van der Waals surface area contributed by atoms with Crippen LogP contribution in [0.2, 0.25) is 0 Å². The molecule has 0 spiro atoms. The topological polar surface area (TPSA) is 67.9 Å². The highest BCUT2D eigenvalue weighted by atomic mass is 32.2. The van der Waals surface area contributed by atoms with E-state index in [0.717, 1.165) is 4.31 Å². The van der Waals surface area contributed by atoms with E-state index in [9.17, 15) is 8.42 Å². The standard InChI is InChI=1S/C11H18N2O4S/c1-13(2)18(14,15)12-8-9-7-10(16-3)5-6-11(9)17-4/h5-7,12H,8H2,1-4H3. The molecular formula is C11H18N2O4S. The van der Waals surface area contributed by atoms with Crippen molar-refractivity contribution >= 4 is 10.2 Å². The molecule has 0 aromatic heterocycles. The average Bonchev–Trinajstić information content (AvgIpc) is 2.35. The summed E-state index contributed by atoms with van der Waals surface area (Å²) in [6.07, 6.45) is 0. The fraction of sp³-hybridized carbons (Fsp3) is 0.455. The Labute approximate surface area is 108 Å². The molecule has 6 nitrogen and oxygen atoms in total. The lowest BCUT2D eigenvalue weighted by atomic mass is 10.2. The van der Waals surface area contributed by atoms with E-state index >= 15 is 0 Å². The van der Waals surface area contributed by atoms with E-state index in [2.05, 4.69) is 4.72 Å². The number of hydrogen-bond donors (Lipinski definition) is 1. The van der Waals surface area contributed by atoms with Gasteiger partial charge in [-0.25, -0.2) is 0 Å². The molecule has 0 heterocycles. The van der Waals surface area contributed by atoms with Crippen LogP contribution in [0.1, 0.15) is 5.56 Å². The summed E-state index contributed by atoms with van der Waals surface area (Å²) in [6, 6.07) is 5.22. The maximum absolute atomic E-state index is 11.6. The Morgan fingerprint density at radius 3 is 2.39 bits per heavy atom. The predicted molar refractivity (Wildman–Crippen MR) is 69.0 cm³/mol. The molecule has 0 saturated carbocycles. The zero-order chi connectivity index (χ0) is 13.8. The lowest BCUT2D eigenvalue weighted by Crippen LogP contribution is -2.35. The monoisotopic (exact) mass is 274 g/mol. The molecule has 102 valence electrons. The minimum absolute atomic E-state index is 0.140. The van der Waals surface area contributed by atoms with Crippen LogP contribution in [0.15, 0.2) is 18.2 Å². The molecule has 0 bridgehead atoms. The molecule has 7 heteroatoms. The molecule has 0 fully saturated rings. The number of benzene rings is 1. The van der Waals surface area contributed by atoms with E-state index in [-0.39, 0.29) is 6.54 Å². The first-order chi connectivity index (χ1) is 8.40. The van der Waals surface area contributed by atoms with Crippen LogP contribution in [0.25, 0.3) is 0 Å². The molecule has 0 aliphatic carbocycles. The van der Waals surface area contributed by atoms with Gasteiger partial charge in [0.2, 0.25) is 0 Å². The highest BCUT2D eigenvalue weighted by Crippen LogP contribution is 2.23. The first-order valence-electron chi connectivity index (χ1n) is 5.28. The van der Waals surface area contributed by atoms with Crippen molar-refractivity contribution in [3.63, 3.8) is 0 Å². The summed E-state index contributed by atoms with van der Waals surface area (Å²) >= 11 is 0. The number of rotatable bonds is 6. The molecule has 1 aromatic rings. The number of nitrogens with one attached hydrogen (secondary N) is 1. The molecule has 1 rings (SSSR count). The minimum Gasteiger partial charge on any atom is -0.497 e. The Kier molecular flexibility index (Phi) is 4.94. The predicted octanol–water partition coefficient (Wildman–Crippen LogP) is 0.600. The Morgan fingerprint density at radius 2 is 1.89 bits per heavy atom. The van der Waals surface area contributed by atoms with Gasteiger partial charge in [0.05, 0.1) is 14.2 Å². The van der Waals surface area contributed by atoms with Crippen molar-refractivity contribution in [2.24, 2.45) is 0 Å². The summed E-state index contributed by atoms with van der Waals surface area (Å²) in [6.45, 7) is 0.140. The van der Waals surface area contributed by atoms with Gasteiger partial charge in [-0.15, -0.1) is 0 Å². The zero-order valence-corrected chi connectivity index (χ0v) is 11.7. The SMILES string of the molecule is COc1ccc(OC)c(CNS(=O)(=O)N(C)C)c1. The minimum atomic E-state index is -3.45. The van der Waals surface area contributed by atoms with Crippen LogP contribution in [-0.2, 0) is 16.8 Å². The normalized spacial score (nSPS) is 11.6. The van der Waals surface area contributed by atoms with Crippen molar-refractivity contribution < 1.29 is 17.9 Å². The van der Waals surface area contributed by atoms with Gasteiger partial charge in [-0.2, -0.15) is 17.4 Å². The second-order valence-corrected chi connectivity index (χ2v) is 5.76. The van der Waals surface area contributed by atoms with Crippen molar-refractivity contribution in [3.8, 4) is 11.5 Å². The van der Waals surface area contributed by atoms with E-state index in [1.54, 1.807) is 25.3 Å². The molecule has 1 N–H and O–H groups in total. The molecule has 0 atom stereocenters. The fourth-order valence-electron chi connectivity index (χ4n) is 1.32. The summed E-state index contributed by atoms with van der Waals surface area (Å²) in [4.78, 5) is 0. The summed E-state index contributed by atoms with van der Waals surface area (Å²) in [5, 5.41) is 0. The van der Waals surface area contributed by atoms with Crippen molar-refractivity contribution in [1.82, 2.24) is 9.03 Å². The smallest absolute Gasteiger partial charge is 0.279 e. The third-order valence-electron chi connectivity index (χ3n) is 2.41. The van der Waals surface area contributed by atoms with Crippen LogP contribution in [0.4, 0.5) is 0 Å². The van der Waals surface area contributed by atoms with Gasteiger partial charge in [0.1, 0.15) is 11.5 Å². The molecule has 0 amide bonds. The van der Waals surface area contributed by atoms with Crippen LogP contribution in [0.5, 0.6) is 11.5 Å². The van der Waals surface area contributed by atoms with Crippen molar-refractivity contribution in [1.29, 1.82) is 0 Å². The molecule has 0 radical (unpaired) electrons. The Balaban J connectivity index is 2.89. The van der Waals surface area contributed by atoms with Gasteiger partial charge < -0.3 is 9.47 Å². The van der Waals surface area contributed by atoms with Crippen LogP contribution in [-0.4, -0.2) is 41.0 Å². The number of ether oxygens (including phenoxy) is 2. The van der Waals surface area contributed by atoms with E-state index in [0.29, 0.717) is 17.1 Å². The maximum Gasteiger partial charge on any atom is 0.279 e. The molecule has 0 aliphatic heterocycles. The Morgan fingerprint density at radius 1 is 1.22 bits per heavy atom. The number of nitrogens with zero attached hydrogens (tertiary/aromatic N) is 1. The van der Waals surface area contributed by atoms with Crippen LogP contribution < -0.4 is 14.2 Å². The quantitative estimate of drug-likeness (QED) is 0.825.